The van der Waals surface area contributed by atoms with Gasteiger partial charge in [0.2, 0.25) is 0 Å². The molecule has 4 rings (SSSR count). The van der Waals surface area contributed by atoms with Crippen LogP contribution in [0.25, 0.3) is 11.8 Å². The molecule has 7 heteroatoms. The number of benzene rings is 2. The normalized spacial score (nSPS) is 15.8. The van der Waals surface area contributed by atoms with Gasteiger partial charge < -0.3 is 4.57 Å². The minimum absolute atomic E-state index is 0.000567. The van der Waals surface area contributed by atoms with E-state index >= 15 is 0 Å². The molecule has 1 fully saturated rings. The molecule has 1 aliphatic rings. The Bertz CT molecular complexity index is 1120. The highest BCUT2D eigenvalue weighted by Gasteiger charge is 2.34. The number of hydrogen-bond donors (Lipinski definition) is 1. The van der Waals surface area contributed by atoms with Gasteiger partial charge in [-0.05, 0) is 60.3 Å². The molecule has 5 nitrogen and oxygen atoms in total. The number of anilines is 1. The van der Waals surface area contributed by atoms with E-state index in [0.29, 0.717) is 10.7 Å². The Balaban J connectivity index is 1.69. The molecule has 0 saturated carbocycles. The maximum absolute atomic E-state index is 13.0. The first-order chi connectivity index (χ1) is 13.5. The molecule has 2 amide bonds. The van der Waals surface area contributed by atoms with Crippen LogP contribution in [-0.4, -0.2) is 21.5 Å². The van der Waals surface area contributed by atoms with Crippen LogP contribution in [0.4, 0.5) is 5.69 Å². The third-order valence-electron chi connectivity index (χ3n) is 4.25. The number of rotatable bonds is 3. The zero-order valence-corrected chi connectivity index (χ0v) is 16.1. The number of carbonyl (C=O) groups is 2. The quantitative estimate of drug-likeness (QED) is 0.406. The molecule has 0 atom stereocenters. The number of nitrogens with one attached hydrogen (secondary N) is 1. The molecule has 1 aromatic heterocycles. The largest absolute Gasteiger partial charge is 0.323 e. The van der Waals surface area contributed by atoms with Crippen molar-refractivity contribution in [2.75, 3.05) is 4.90 Å². The molecular weight excluding hydrogens is 394 g/mol. The predicted molar refractivity (Wildman–Crippen MR) is 113 cm³/mol. The Hall–Kier alpha value is -3.22. The molecule has 0 radical (unpaired) electrons. The van der Waals surface area contributed by atoms with Crippen molar-refractivity contribution in [3.05, 3.63) is 89.2 Å². The molecule has 0 spiro atoms. The van der Waals surface area contributed by atoms with Crippen LogP contribution in [-0.2, 0) is 9.59 Å². The van der Waals surface area contributed by atoms with Crippen molar-refractivity contribution < 1.29 is 9.59 Å². The van der Waals surface area contributed by atoms with E-state index in [4.69, 9.17) is 23.8 Å². The molecule has 1 saturated heterocycles. The van der Waals surface area contributed by atoms with Gasteiger partial charge in [0.15, 0.2) is 5.11 Å². The summed E-state index contributed by atoms with van der Waals surface area (Å²) in [6, 6.07) is 18.3. The second-order valence-corrected chi connectivity index (χ2v) is 6.95. The lowest BCUT2D eigenvalue weighted by Gasteiger charge is -2.28. The van der Waals surface area contributed by atoms with Crippen LogP contribution in [0.3, 0.4) is 0 Å². The maximum Gasteiger partial charge on any atom is 0.270 e. The molecule has 2 heterocycles. The summed E-state index contributed by atoms with van der Waals surface area (Å²) < 4.78 is 1.91. The lowest BCUT2D eigenvalue weighted by atomic mass is 10.1. The Kier molecular flexibility index (Phi) is 4.81. The van der Waals surface area contributed by atoms with Crippen molar-refractivity contribution in [3.63, 3.8) is 0 Å². The lowest BCUT2D eigenvalue weighted by molar-refractivity contribution is -0.122. The van der Waals surface area contributed by atoms with Gasteiger partial charge in [0, 0.05) is 23.1 Å². The van der Waals surface area contributed by atoms with E-state index in [1.165, 1.54) is 4.90 Å². The second kappa shape index (κ2) is 7.42. The third kappa shape index (κ3) is 3.47. The zero-order valence-electron chi connectivity index (χ0n) is 14.5. The van der Waals surface area contributed by atoms with E-state index in [-0.39, 0.29) is 10.7 Å². The number of thiocarbonyl (C=S) groups is 1. The molecule has 0 bridgehead atoms. The fourth-order valence-electron chi connectivity index (χ4n) is 2.93. The smallest absolute Gasteiger partial charge is 0.270 e. The summed E-state index contributed by atoms with van der Waals surface area (Å²) in [6.07, 6.45) is 5.27. The summed E-state index contributed by atoms with van der Waals surface area (Å²) in [5.41, 5.74) is 2.20. The van der Waals surface area contributed by atoms with Crippen LogP contribution < -0.4 is 10.2 Å². The highest BCUT2D eigenvalue weighted by molar-refractivity contribution is 7.80. The fourth-order valence-corrected chi connectivity index (χ4v) is 3.40. The van der Waals surface area contributed by atoms with Crippen LogP contribution >= 0.6 is 23.8 Å². The summed E-state index contributed by atoms with van der Waals surface area (Å²) in [6.45, 7) is 0. The lowest BCUT2D eigenvalue weighted by Crippen LogP contribution is -2.54. The number of halogens is 1. The van der Waals surface area contributed by atoms with E-state index in [9.17, 15) is 9.59 Å². The highest BCUT2D eigenvalue weighted by atomic mass is 35.5. The highest BCUT2D eigenvalue weighted by Crippen LogP contribution is 2.25. The Morgan fingerprint density at radius 1 is 0.964 bits per heavy atom. The van der Waals surface area contributed by atoms with E-state index < -0.39 is 11.8 Å². The van der Waals surface area contributed by atoms with E-state index in [1.54, 1.807) is 30.3 Å². The Morgan fingerprint density at radius 2 is 1.71 bits per heavy atom. The average molecular weight is 408 g/mol. The summed E-state index contributed by atoms with van der Waals surface area (Å²) in [5, 5.41) is 3.06. The average Bonchev–Trinajstić information content (AvgIpc) is 3.14. The molecular formula is C21H14ClN3O2S. The van der Waals surface area contributed by atoms with Gasteiger partial charge in [0.1, 0.15) is 5.57 Å². The molecule has 2 aromatic carbocycles. The number of nitrogens with zero attached hydrogens (tertiary/aromatic N) is 2. The second-order valence-electron chi connectivity index (χ2n) is 6.13. The van der Waals surface area contributed by atoms with Crippen molar-refractivity contribution in [2.24, 2.45) is 0 Å². The van der Waals surface area contributed by atoms with Crippen LogP contribution in [0.5, 0.6) is 0 Å². The summed E-state index contributed by atoms with van der Waals surface area (Å²) >= 11 is 11.2. The van der Waals surface area contributed by atoms with Crippen molar-refractivity contribution in [2.45, 2.75) is 0 Å². The third-order valence-corrected chi connectivity index (χ3v) is 4.77. The number of aromatic nitrogens is 1. The minimum atomic E-state index is -0.527. The van der Waals surface area contributed by atoms with Gasteiger partial charge in [0.25, 0.3) is 11.8 Å². The zero-order chi connectivity index (χ0) is 19.7. The number of carbonyl (C=O) groups excluding carboxylic acids is 2. The van der Waals surface area contributed by atoms with E-state index in [1.807, 2.05) is 53.4 Å². The van der Waals surface area contributed by atoms with Crippen molar-refractivity contribution >= 4 is 52.5 Å². The molecule has 3 aromatic rings. The fraction of sp³-hybridized carbons (Fsp3) is 0. The van der Waals surface area contributed by atoms with Crippen LogP contribution in [0.15, 0.2) is 78.6 Å². The van der Waals surface area contributed by atoms with Gasteiger partial charge in [-0.3, -0.25) is 19.8 Å². The van der Waals surface area contributed by atoms with Crippen LogP contribution in [0.1, 0.15) is 5.56 Å². The van der Waals surface area contributed by atoms with E-state index in [0.717, 1.165) is 11.3 Å². The van der Waals surface area contributed by atoms with Gasteiger partial charge >= 0.3 is 0 Å². The number of para-hydroxylation sites is 1. The predicted octanol–water partition coefficient (Wildman–Crippen LogP) is 3.96. The summed E-state index contributed by atoms with van der Waals surface area (Å²) in [7, 11) is 0. The van der Waals surface area contributed by atoms with Gasteiger partial charge in [-0.2, -0.15) is 0 Å². The van der Waals surface area contributed by atoms with Gasteiger partial charge in [-0.1, -0.05) is 35.9 Å². The minimum Gasteiger partial charge on any atom is -0.323 e. The molecule has 28 heavy (non-hydrogen) atoms. The summed E-state index contributed by atoms with van der Waals surface area (Å²) in [5.74, 6) is -1.02. The van der Waals surface area contributed by atoms with Crippen molar-refractivity contribution in [3.8, 4) is 5.69 Å². The molecule has 0 aliphatic carbocycles. The van der Waals surface area contributed by atoms with E-state index in [2.05, 4.69) is 5.32 Å². The topological polar surface area (TPSA) is 54.3 Å². The maximum atomic E-state index is 13.0. The van der Waals surface area contributed by atoms with Gasteiger partial charge in [-0.15, -0.1) is 0 Å². The van der Waals surface area contributed by atoms with Gasteiger partial charge in [-0.25, -0.2) is 0 Å². The van der Waals surface area contributed by atoms with Crippen LogP contribution in [0, 0.1) is 0 Å². The Morgan fingerprint density at radius 3 is 2.46 bits per heavy atom. The molecule has 0 unspecified atom stereocenters. The number of hydrogen-bond acceptors (Lipinski definition) is 3. The Labute approximate surface area is 171 Å². The standard InChI is InChI=1S/C21H14ClN3O2S/c22-15-5-4-8-17(12-15)25-20(27)18(19(26)23-21(25)28)11-14-9-10-24(13-14)16-6-2-1-3-7-16/h1-13H,(H,23,26,28)/b18-11-. The van der Waals surface area contributed by atoms with Crippen molar-refractivity contribution in [1.82, 2.24) is 9.88 Å². The first-order valence-electron chi connectivity index (χ1n) is 8.43. The number of amides is 2. The molecule has 1 aliphatic heterocycles. The first kappa shape index (κ1) is 18.2. The SMILES string of the molecule is O=C1NC(=S)N(c2cccc(Cl)c2)C(=O)/C1=C\c1ccn(-c2ccccc2)c1. The summed E-state index contributed by atoms with van der Waals surface area (Å²) in [4.78, 5) is 26.7. The van der Waals surface area contributed by atoms with Gasteiger partial charge in [0.05, 0.1) is 5.69 Å². The monoisotopic (exact) mass is 407 g/mol. The van der Waals surface area contributed by atoms with Crippen LogP contribution in [0.2, 0.25) is 5.02 Å². The van der Waals surface area contributed by atoms with Crippen molar-refractivity contribution in [1.29, 1.82) is 0 Å². The first-order valence-corrected chi connectivity index (χ1v) is 9.22. The molecule has 138 valence electrons. The molecule has 1 N–H and O–H groups in total.